The molecule has 2 aliphatic heterocycles. The van der Waals surface area contributed by atoms with Gasteiger partial charge in [-0.05, 0) is 73.1 Å². The van der Waals surface area contributed by atoms with Crippen molar-refractivity contribution in [2.75, 3.05) is 26.2 Å². The summed E-state index contributed by atoms with van der Waals surface area (Å²) in [5.74, 6) is 0.114. The van der Waals surface area contributed by atoms with Crippen LogP contribution in [-0.4, -0.2) is 71.3 Å². The molecular weight excluding hydrogens is 398 g/mol. The number of nitrogens with zero attached hydrogens (tertiary/aromatic N) is 2. The van der Waals surface area contributed by atoms with Crippen molar-refractivity contribution in [2.45, 2.75) is 91.4 Å². The van der Waals surface area contributed by atoms with Crippen molar-refractivity contribution >= 4 is 18.1 Å². The molecule has 0 unspecified atom stereocenters. The van der Waals surface area contributed by atoms with E-state index in [4.69, 9.17) is 9.47 Å². The van der Waals surface area contributed by atoms with Gasteiger partial charge >= 0.3 is 12.2 Å². The number of piperidine rings is 1. The van der Waals surface area contributed by atoms with Crippen molar-refractivity contribution in [1.82, 2.24) is 15.1 Å². The van der Waals surface area contributed by atoms with Gasteiger partial charge in [0.2, 0.25) is 5.91 Å². The van der Waals surface area contributed by atoms with E-state index in [0.29, 0.717) is 32.5 Å². The van der Waals surface area contributed by atoms with E-state index in [1.807, 2.05) is 53.4 Å². The van der Waals surface area contributed by atoms with Crippen LogP contribution in [-0.2, 0) is 14.3 Å². The molecule has 1 N–H and O–H groups in total. The Kier molecular flexibility index (Phi) is 8.22. The molecule has 8 heteroatoms. The highest BCUT2D eigenvalue weighted by Crippen LogP contribution is 2.31. The number of alkyl carbamates (subject to hydrolysis) is 1. The molecule has 0 spiro atoms. The van der Waals surface area contributed by atoms with E-state index in [1.165, 1.54) is 0 Å². The maximum atomic E-state index is 13.3. The lowest BCUT2D eigenvalue weighted by Crippen LogP contribution is -2.49. The van der Waals surface area contributed by atoms with Gasteiger partial charge in [0, 0.05) is 32.2 Å². The summed E-state index contributed by atoms with van der Waals surface area (Å²) in [6.45, 7) is 15.4. The highest BCUT2D eigenvalue weighted by Gasteiger charge is 2.43. The molecule has 0 aromatic heterocycles. The monoisotopic (exact) mass is 439 g/mol. The molecule has 178 valence electrons. The van der Waals surface area contributed by atoms with Crippen LogP contribution in [0.4, 0.5) is 9.59 Å². The first kappa shape index (κ1) is 25.3. The highest BCUT2D eigenvalue weighted by atomic mass is 16.6. The molecule has 0 aromatic carbocycles. The van der Waals surface area contributed by atoms with Gasteiger partial charge in [-0.2, -0.15) is 0 Å². The van der Waals surface area contributed by atoms with E-state index in [2.05, 4.69) is 5.32 Å². The summed E-state index contributed by atoms with van der Waals surface area (Å²) in [4.78, 5) is 41.5. The normalized spacial score (nSPS) is 24.7. The van der Waals surface area contributed by atoms with Crippen molar-refractivity contribution in [3.63, 3.8) is 0 Å². The second kappa shape index (κ2) is 10.1. The molecule has 2 saturated heterocycles. The Bertz CT molecular complexity index is 653. The van der Waals surface area contributed by atoms with Crippen molar-refractivity contribution in [2.24, 2.45) is 11.8 Å². The summed E-state index contributed by atoms with van der Waals surface area (Å²) in [6, 6.07) is -0.136. The van der Waals surface area contributed by atoms with Gasteiger partial charge in [-0.1, -0.05) is 6.92 Å². The van der Waals surface area contributed by atoms with E-state index in [9.17, 15) is 14.4 Å². The lowest BCUT2D eigenvalue weighted by atomic mass is 9.93. The predicted molar refractivity (Wildman–Crippen MR) is 119 cm³/mol. The molecule has 2 fully saturated rings. The Morgan fingerprint density at radius 1 is 0.968 bits per heavy atom. The minimum absolute atomic E-state index is 0.111. The molecule has 31 heavy (non-hydrogen) atoms. The highest BCUT2D eigenvalue weighted by molar-refractivity contribution is 5.81. The standard InChI is InChI=1S/C23H41N3O5/c1-8-18-17(11-13-26(18)21(29)31-23(5,6)7)19(27)25-12-9-10-16(15-25)14-24-20(28)30-22(2,3)4/h16-18H,8-15H2,1-7H3,(H,24,28)/t16-,17+,18-/m1/s1. The second-order valence-corrected chi connectivity index (χ2v) is 10.7. The fraction of sp³-hybridized carbons (Fsp3) is 0.870. The number of hydrogen-bond donors (Lipinski definition) is 1. The van der Waals surface area contributed by atoms with Crippen LogP contribution >= 0.6 is 0 Å². The minimum atomic E-state index is -0.557. The summed E-state index contributed by atoms with van der Waals surface area (Å²) >= 11 is 0. The van der Waals surface area contributed by atoms with Gasteiger partial charge in [0.05, 0.1) is 5.92 Å². The number of nitrogens with one attached hydrogen (secondary N) is 1. The number of carbonyl (C=O) groups is 3. The summed E-state index contributed by atoms with van der Waals surface area (Å²) in [5, 5.41) is 2.83. The zero-order valence-corrected chi connectivity index (χ0v) is 20.3. The largest absolute Gasteiger partial charge is 0.444 e. The fourth-order valence-electron chi connectivity index (χ4n) is 4.40. The average molecular weight is 440 g/mol. The molecule has 2 heterocycles. The van der Waals surface area contributed by atoms with Gasteiger partial charge in [-0.25, -0.2) is 9.59 Å². The summed E-state index contributed by atoms with van der Waals surface area (Å²) < 4.78 is 10.8. The molecule has 2 rings (SSSR count). The van der Waals surface area contributed by atoms with E-state index in [-0.39, 0.29) is 29.9 Å². The van der Waals surface area contributed by atoms with Crippen molar-refractivity contribution in [3.05, 3.63) is 0 Å². The van der Waals surface area contributed by atoms with Gasteiger partial charge in [0.25, 0.3) is 0 Å². The number of hydrogen-bond acceptors (Lipinski definition) is 5. The molecular formula is C23H41N3O5. The van der Waals surface area contributed by atoms with Crippen molar-refractivity contribution < 1.29 is 23.9 Å². The Balaban J connectivity index is 1.93. The smallest absolute Gasteiger partial charge is 0.410 e. The number of carbonyl (C=O) groups excluding carboxylic acids is 3. The van der Waals surface area contributed by atoms with E-state index in [1.54, 1.807) is 4.90 Å². The van der Waals surface area contributed by atoms with Gasteiger partial charge in [-0.3, -0.25) is 4.79 Å². The third kappa shape index (κ3) is 7.58. The number of likely N-dealkylation sites (tertiary alicyclic amines) is 2. The summed E-state index contributed by atoms with van der Waals surface area (Å²) in [6.07, 6.45) is 2.48. The van der Waals surface area contributed by atoms with Gasteiger partial charge < -0.3 is 24.6 Å². The Morgan fingerprint density at radius 3 is 2.19 bits per heavy atom. The predicted octanol–water partition coefficient (Wildman–Crippen LogP) is 3.79. The van der Waals surface area contributed by atoms with Crippen LogP contribution in [0, 0.1) is 11.8 Å². The van der Waals surface area contributed by atoms with Crippen molar-refractivity contribution in [1.29, 1.82) is 0 Å². The molecule has 8 nitrogen and oxygen atoms in total. The molecule has 3 atom stereocenters. The number of ether oxygens (including phenoxy) is 2. The summed E-state index contributed by atoms with van der Waals surface area (Å²) in [7, 11) is 0. The maximum absolute atomic E-state index is 13.3. The van der Waals surface area contributed by atoms with Gasteiger partial charge in [-0.15, -0.1) is 0 Å². The summed E-state index contributed by atoms with van der Waals surface area (Å²) in [5.41, 5.74) is -1.09. The molecule has 0 radical (unpaired) electrons. The zero-order chi connectivity index (χ0) is 23.4. The quantitative estimate of drug-likeness (QED) is 0.720. The van der Waals surface area contributed by atoms with E-state index in [0.717, 1.165) is 19.4 Å². The van der Waals surface area contributed by atoms with E-state index >= 15 is 0 Å². The van der Waals surface area contributed by atoms with Crippen LogP contribution in [0.25, 0.3) is 0 Å². The third-order valence-corrected chi connectivity index (χ3v) is 5.67. The maximum Gasteiger partial charge on any atom is 0.410 e. The minimum Gasteiger partial charge on any atom is -0.444 e. The molecule has 2 aliphatic rings. The molecule has 0 aliphatic carbocycles. The zero-order valence-electron chi connectivity index (χ0n) is 20.3. The van der Waals surface area contributed by atoms with Crippen LogP contribution in [0.3, 0.4) is 0 Å². The van der Waals surface area contributed by atoms with Gasteiger partial charge in [0.1, 0.15) is 11.2 Å². The average Bonchev–Trinajstić information content (AvgIpc) is 3.07. The van der Waals surface area contributed by atoms with E-state index < -0.39 is 17.3 Å². The lowest BCUT2D eigenvalue weighted by Gasteiger charge is -2.36. The van der Waals surface area contributed by atoms with Gasteiger partial charge in [0.15, 0.2) is 0 Å². The first-order chi connectivity index (χ1) is 14.3. The Hall–Kier alpha value is -1.99. The Labute approximate surface area is 187 Å². The second-order valence-electron chi connectivity index (χ2n) is 10.7. The third-order valence-electron chi connectivity index (χ3n) is 5.67. The van der Waals surface area contributed by atoms with Crippen LogP contribution in [0.2, 0.25) is 0 Å². The van der Waals surface area contributed by atoms with Crippen LogP contribution < -0.4 is 5.32 Å². The lowest BCUT2D eigenvalue weighted by molar-refractivity contribution is -0.138. The molecule has 0 bridgehead atoms. The Morgan fingerprint density at radius 2 is 1.61 bits per heavy atom. The fourth-order valence-corrected chi connectivity index (χ4v) is 4.40. The van der Waals surface area contributed by atoms with Crippen LogP contribution in [0.1, 0.15) is 74.1 Å². The number of rotatable bonds is 4. The van der Waals surface area contributed by atoms with Crippen LogP contribution in [0.15, 0.2) is 0 Å². The molecule has 0 aromatic rings. The number of amides is 3. The first-order valence-electron chi connectivity index (χ1n) is 11.6. The van der Waals surface area contributed by atoms with Crippen molar-refractivity contribution in [3.8, 4) is 0 Å². The molecule has 0 saturated carbocycles. The topological polar surface area (TPSA) is 88.2 Å². The SMILES string of the molecule is CC[C@@H]1[C@@H](C(=O)N2CCC[C@H](CNC(=O)OC(C)(C)C)C2)CCN1C(=O)OC(C)(C)C. The molecule has 3 amide bonds. The first-order valence-corrected chi connectivity index (χ1v) is 11.6. The van der Waals surface area contributed by atoms with Crippen LogP contribution in [0.5, 0.6) is 0 Å².